The average molecular weight is 380 g/mol. The molecule has 0 N–H and O–H groups in total. The van der Waals surface area contributed by atoms with E-state index in [0.29, 0.717) is 17.7 Å². The van der Waals surface area contributed by atoms with Crippen LogP contribution in [-0.2, 0) is 11.3 Å². The monoisotopic (exact) mass is 379 g/mol. The number of hydrogen-bond donors (Lipinski definition) is 0. The molecule has 0 spiro atoms. The Hall–Kier alpha value is -1.41. The van der Waals surface area contributed by atoms with E-state index in [2.05, 4.69) is 33.4 Å². The molecule has 8 heteroatoms. The quantitative estimate of drug-likeness (QED) is 0.690. The zero-order valence-electron chi connectivity index (χ0n) is 14.8. The second-order valence-corrected chi connectivity index (χ2v) is 8.71. The summed E-state index contributed by atoms with van der Waals surface area (Å²) in [5.41, 5.74) is 0. The van der Waals surface area contributed by atoms with Crippen LogP contribution in [0.4, 0.5) is 0 Å². The van der Waals surface area contributed by atoms with Gasteiger partial charge in [0.25, 0.3) is 0 Å². The third-order valence-electron chi connectivity index (χ3n) is 4.65. The Labute approximate surface area is 157 Å². The minimum Gasteiger partial charge on any atom is -0.339 e. The second kappa shape index (κ2) is 8.80. The van der Waals surface area contributed by atoms with E-state index in [1.54, 1.807) is 16.0 Å². The number of thiophene rings is 1. The van der Waals surface area contributed by atoms with Crippen LogP contribution in [0.15, 0.2) is 22.7 Å². The number of amides is 1. The first-order valence-corrected chi connectivity index (χ1v) is 10.7. The number of rotatable bonds is 7. The summed E-state index contributed by atoms with van der Waals surface area (Å²) >= 11 is 3.14. The fourth-order valence-corrected chi connectivity index (χ4v) is 4.90. The van der Waals surface area contributed by atoms with Crippen LogP contribution in [0.2, 0.25) is 0 Å². The van der Waals surface area contributed by atoms with Gasteiger partial charge >= 0.3 is 0 Å². The number of tetrazole rings is 1. The molecule has 0 aromatic carbocycles. The minimum absolute atomic E-state index is 0.185. The van der Waals surface area contributed by atoms with Crippen LogP contribution < -0.4 is 0 Å². The van der Waals surface area contributed by atoms with Crippen molar-refractivity contribution in [3.8, 4) is 0 Å². The first-order chi connectivity index (χ1) is 12.2. The maximum atomic E-state index is 13.0. The van der Waals surface area contributed by atoms with Crippen LogP contribution in [0.25, 0.3) is 0 Å². The van der Waals surface area contributed by atoms with Crippen molar-refractivity contribution in [3.63, 3.8) is 0 Å². The van der Waals surface area contributed by atoms with Gasteiger partial charge < -0.3 is 4.90 Å². The summed E-state index contributed by atoms with van der Waals surface area (Å²) in [6.45, 7) is 5.45. The SMILES string of the molecule is CCN(C(=O)C(C)Sc1nnnn1Cc1cccs1)C1CCCCC1. The molecule has 2 aromatic heterocycles. The van der Waals surface area contributed by atoms with Gasteiger partial charge in [-0.05, 0) is 48.6 Å². The predicted octanol–water partition coefficient (Wildman–Crippen LogP) is 3.44. The highest BCUT2D eigenvalue weighted by Crippen LogP contribution is 2.27. The molecule has 3 rings (SSSR count). The number of carbonyl (C=O) groups excluding carboxylic acids is 1. The standard InChI is InChI=1S/C17H25N5OS2/c1-3-21(14-8-5-4-6-9-14)16(23)13(2)25-17-18-19-20-22(17)12-15-10-7-11-24-15/h7,10-11,13-14H,3-6,8-9,12H2,1-2H3. The molecule has 2 aromatic rings. The normalized spacial score (nSPS) is 16.7. The maximum Gasteiger partial charge on any atom is 0.236 e. The predicted molar refractivity (Wildman–Crippen MR) is 101 cm³/mol. The van der Waals surface area contributed by atoms with Crippen molar-refractivity contribution >= 4 is 29.0 Å². The van der Waals surface area contributed by atoms with Gasteiger partial charge in [0.05, 0.1) is 11.8 Å². The van der Waals surface area contributed by atoms with E-state index in [-0.39, 0.29) is 11.2 Å². The van der Waals surface area contributed by atoms with Gasteiger partial charge in [-0.1, -0.05) is 37.1 Å². The van der Waals surface area contributed by atoms with Crippen LogP contribution in [-0.4, -0.2) is 48.9 Å². The lowest BCUT2D eigenvalue weighted by molar-refractivity contribution is -0.133. The zero-order valence-corrected chi connectivity index (χ0v) is 16.4. The second-order valence-electron chi connectivity index (χ2n) is 6.37. The van der Waals surface area contributed by atoms with Gasteiger partial charge in [0, 0.05) is 17.5 Å². The lowest BCUT2D eigenvalue weighted by atomic mass is 9.94. The van der Waals surface area contributed by atoms with E-state index in [9.17, 15) is 4.79 Å². The zero-order chi connectivity index (χ0) is 17.6. The van der Waals surface area contributed by atoms with E-state index in [4.69, 9.17) is 0 Å². The van der Waals surface area contributed by atoms with Gasteiger partial charge in [0.15, 0.2) is 0 Å². The highest BCUT2D eigenvalue weighted by molar-refractivity contribution is 8.00. The molecule has 1 aliphatic rings. The molecule has 1 amide bonds. The van der Waals surface area contributed by atoms with Crippen LogP contribution in [0, 0.1) is 0 Å². The molecule has 1 saturated carbocycles. The van der Waals surface area contributed by atoms with Crippen molar-refractivity contribution in [2.24, 2.45) is 0 Å². The smallest absolute Gasteiger partial charge is 0.236 e. The molecule has 1 atom stereocenters. The van der Waals surface area contributed by atoms with Crippen LogP contribution in [0.5, 0.6) is 0 Å². The molecule has 0 saturated heterocycles. The summed E-state index contributed by atoms with van der Waals surface area (Å²) in [6.07, 6.45) is 6.02. The Balaban J connectivity index is 1.64. The number of aromatic nitrogens is 4. The summed E-state index contributed by atoms with van der Waals surface area (Å²) < 4.78 is 1.77. The average Bonchev–Trinajstić information content (AvgIpc) is 3.29. The highest BCUT2D eigenvalue weighted by atomic mass is 32.2. The van der Waals surface area contributed by atoms with Crippen molar-refractivity contribution < 1.29 is 4.79 Å². The van der Waals surface area contributed by atoms with Gasteiger partial charge in [-0.3, -0.25) is 4.79 Å². The van der Waals surface area contributed by atoms with Crippen molar-refractivity contribution in [2.45, 2.75) is 68.9 Å². The van der Waals surface area contributed by atoms with Crippen molar-refractivity contribution in [1.82, 2.24) is 25.1 Å². The highest BCUT2D eigenvalue weighted by Gasteiger charge is 2.29. The number of carbonyl (C=O) groups is 1. The molecule has 136 valence electrons. The maximum absolute atomic E-state index is 13.0. The summed E-state index contributed by atoms with van der Waals surface area (Å²) in [5, 5.41) is 14.5. The Morgan fingerprint density at radius 2 is 2.24 bits per heavy atom. The molecule has 1 fully saturated rings. The molecule has 0 aliphatic heterocycles. The largest absolute Gasteiger partial charge is 0.339 e. The Morgan fingerprint density at radius 3 is 2.92 bits per heavy atom. The molecule has 0 bridgehead atoms. The fraction of sp³-hybridized carbons (Fsp3) is 0.647. The van der Waals surface area contributed by atoms with E-state index < -0.39 is 0 Å². The summed E-state index contributed by atoms with van der Waals surface area (Å²) in [4.78, 5) is 16.2. The van der Waals surface area contributed by atoms with Crippen molar-refractivity contribution in [1.29, 1.82) is 0 Å². The third kappa shape index (κ3) is 4.61. The van der Waals surface area contributed by atoms with Crippen LogP contribution in [0.1, 0.15) is 50.8 Å². The molecule has 25 heavy (non-hydrogen) atoms. The Kier molecular flexibility index (Phi) is 6.47. The Bertz CT molecular complexity index is 666. The van der Waals surface area contributed by atoms with Gasteiger partial charge in [-0.15, -0.1) is 16.4 Å². The minimum atomic E-state index is -0.185. The Morgan fingerprint density at radius 1 is 1.44 bits per heavy atom. The van der Waals surface area contributed by atoms with Crippen molar-refractivity contribution in [3.05, 3.63) is 22.4 Å². The summed E-state index contributed by atoms with van der Waals surface area (Å²) in [7, 11) is 0. The molecule has 1 aliphatic carbocycles. The molecule has 6 nitrogen and oxygen atoms in total. The number of hydrogen-bond acceptors (Lipinski definition) is 6. The number of thioether (sulfide) groups is 1. The topological polar surface area (TPSA) is 63.9 Å². The van der Waals surface area contributed by atoms with E-state index in [1.807, 2.05) is 18.4 Å². The van der Waals surface area contributed by atoms with Gasteiger partial charge in [-0.25, -0.2) is 4.68 Å². The van der Waals surface area contributed by atoms with Crippen LogP contribution >= 0.6 is 23.1 Å². The summed E-state index contributed by atoms with van der Waals surface area (Å²) in [6, 6.07) is 4.49. The number of nitrogens with zero attached hydrogens (tertiary/aromatic N) is 5. The van der Waals surface area contributed by atoms with Gasteiger partial charge in [0.2, 0.25) is 11.1 Å². The van der Waals surface area contributed by atoms with Gasteiger partial charge in [0.1, 0.15) is 0 Å². The van der Waals surface area contributed by atoms with E-state index in [0.717, 1.165) is 19.4 Å². The third-order valence-corrected chi connectivity index (χ3v) is 6.57. The molecule has 2 heterocycles. The lowest BCUT2D eigenvalue weighted by Crippen LogP contribution is -2.44. The lowest BCUT2D eigenvalue weighted by Gasteiger charge is -2.35. The first-order valence-electron chi connectivity index (χ1n) is 8.94. The molecule has 0 radical (unpaired) electrons. The molecule has 1 unspecified atom stereocenters. The van der Waals surface area contributed by atoms with Crippen LogP contribution in [0.3, 0.4) is 0 Å². The fourth-order valence-electron chi connectivity index (χ4n) is 3.36. The van der Waals surface area contributed by atoms with Crippen molar-refractivity contribution in [2.75, 3.05) is 6.54 Å². The molecular formula is C17H25N5OS2. The first kappa shape index (κ1) is 18.4. The van der Waals surface area contributed by atoms with E-state index >= 15 is 0 Å². The van der Waals surface area contributed by atoms with E-state index in [1.165, 1.54) is 35.9 Å². The summed E-state index contributed by atoms with van der Waals surface area (Å²) in [5.74, 6) is 0.199. The molecular weight excluding hydrogens is 354 g/mol. The van der Waals surface area contributed by atoms with Gasteiger partial charge in [-0.2, -0.15) is 0 Å².